The molecular formula is C25H31N3O. The summed E-state index contributed by atoms with van der Waals surface area (Å²) in [5, 5.41) is 8.01. The van der Waals surface area contributed by atoms with E-state index in [2.05, 4.69) is 51.2 Å². The van der Waals surface area contributed by atoms with Crippen molar-refractivity contribution in [1.29, 1.82) is 0 Å². The predicted molar refractivity (Wildman–Crippen MR) is 120 cm³/mol. The molecule has 0 unspecified atom stereocenters. The van der Waals surface area contributed by atoms with Crippen LogP contribution in [0.5, 0.6) is 0 Å². The minimum absolute atomic E-state index is 0.0255. The number of nitrogens with zero attached hydrogens (tertiary/aromatic N) is 2. The van der Waals surface area contributed by atoms with Gasteiger partial charge < -0.3 is 5.32 Å². The summed E-state index contributed by atoms with van der Waals surface area (Å²) in [6.45, 7) is 8.40. The summed E-state index contributed by atoms with van der Waals surface area (Å²) < 4.78 is 1.86. The summed E-state index contributed by atoms with van der Waals surface area (Å²) >= 11 is 0. The topological polar surface area (TPSA) is 46.9 Å². The third-order valence-electron chi connectivity index (χ3n) is 5.38. The molecule has 2 aromatic carbocycles. The van der Waals surface area contributed by atoms with Crippen molar-refractivity contribution >= 4 is 11.7 Å². The van der Waals surface area contributed by atoms with Crippen molar-refractivity contribution in [2.45, 2.75) is 53.4 Å². The third kappa shape index (κ3) is 4.94. The largest absolute Gasteiger partial charge is 0.310 e. The molecule has 0 radical (unpaired) electrons. The maximum Gasteiger partial charge on any atom is 0.228 e. The second-order valence-electron chi connectivity index (χ2n) is 7.72. The lowest BCUT2D eigenvalue weighted by Crippen LogP contribution is -2.23. The Morgan fingerprint density at radius 3 is 2.48 bits per heavy atom. The monoisotopic (exact) mass is 389 g/mol. The molecule has 1 atom stereocenters. The standard InChI is InChI=1S/C25H31N3O/c1-5-7-11-20(6-2)25(29)26-24-17-22(21-12-9-8-10-13-21)27-28(24)23-15-14-18(3)16-19(23)4/h8-10,12-17,20H,5-7,11H2,1-4H3,(H,26,29)/t20-/m0/s1. The van der Waals surface area contributed by atoms with Gasteiger partial charge in [-0.2, -0.15) is 5.10 Å². The third-order valence-corrected chi connectivity index (χ3v) is 5.38. The van der Waals surface area contributed by atoms with E-state index in [4.69, 9.17) is 5.10 Å². The van der Waals surface area contributed by atoms with Crippen LogP contribution in [0.15, 0.2) is 54.6 Å². The highest BCUT2D eigenvalue weighted by atomic mass is 16.2. The molecule has 0 fully saturated rings. The number of nitrogens with one attached hydrogen (secondary N) is 1. The number of unbranched alkanes of at least 4 members (excludes halogenated alkanes) is 1. The second kappa shape index (κ2) is 9.55. The molecule has 0 spiro atoms. The van der Waals surface area contributed by atoms with Gasteiger partial charge in [0.05, 0.1) is 11.4 Å². The van der Waals surface area contributed by atoms with Crippen molar-refractivity contribution in [1.82, 2.24) is 9.78 Å². The van der Waals surface area contributed by atoms with Gasteiger partial charge in [-0.15, -0.1) is 0 Å². The average molecular weight is 390 g/mol. The van der Waals surface area contributed by atoms with Gasteiger partial charge >= 0.3 is 0 Å². The number of benzene rings is 2. The lowest BCUT2D eigenvalue weighted by molar-refractivity contribution is -0.120. The van der Waals surface area contributed by atoms with Crippen LogP contribution in [-0.4, -0.2) is 15.7 Å². The van der Waals surface area contributed by atoms with Crippen LogP contribution < -0.4 is 5.32 Å². The summed E-state index contributed by atoms with van der Waals surface area (Å²) in [5.74, 6) is 0.819. The molecule has 0 saturated carbocycles. The molecule has 0 saturated heterocycles. The quantitative estimate of drug-likeness (QED) is 0.490. The van der Waals surface area contributed by atoms with Crippen LogP contribution in [0.4, 0.5) is 5.82 Å². The summed E-state index contributed by atoms with van der Waals surface area (Å²) in [7, 11) is 0. The number of anilines is 1. The number of aromatic nitrogens is 2. The van der Waals surface area contributed by atoms with Crippen molar-refractivity contribution in [3.8, 4) is 16.9 Å². The summed E-state index contributed by atoms with van der Waals surface area (Å²) in [5.41, 5.74) is 5.20. The number of hydrogen-bond donors (Lipinski definition) is 1. The maximum absolute atomic E-state index is 13.0. The fourth-order valence-electron chi connectivity index (χ4n) is 3.65. The van der Waals surface area contributed by atoms with Gasteiger partial charge in [-0.05, 0) is 38.3 Å². The normalized spacial score (nSPS) is 12.0. The van der Waals surface area contributed by atoms with E-state index in [0.29, 0.717) is 0 Å². The molecule has 1 aromatic heterocycles. The molecule has 0 aliphatic carbocycles. The minimum atomic E-state index is 0.0255. The maximum atomic E-state index is 13.0. The molecule has 1 amide bonds. The van der Waals surface area contributed by atoms with Crippen LogP contribution in [0.3, 0.4) is 0 Å². The fourth-order valence-corrected chi connectivity index (χ4v) is 3.65. The van der Waals surface area contributed by atoms with E-state index in [1.807, 2.05) is 41.1 Å². The number of aryl methyl sites for hydroxylation is 2. The lowest BCUT2D eigenvalue weighted by Gasteiger charge is -2.16. The first-order valence-electron chi connectivity index (χ1n) is 10.6. The number of carbonyl (C=O) groups is 1. The molecule has 0 aliphatic rings. The van der Waals surface area contributed by atoms with Crippen LogP contribution in [0.2, 0.25) is 0 Å². The van der Waals surface area contributed by atoms with Crippen molar-refractivity contribution in [3.05, 3.63) is 65.7 Å². The van der Waals surface area contributed by atoms with Gasteiger partial charge in [0.15, 0.2) is 0 Å². The Labute approximate surface area is 174 Å². The second-order valence-corrected chi connectivity index (χ2v) is 7.72. The molecule has 3 aromatic rings. The van der Waals surface area contributed by atoms with Gasteiger partial charge in [0.2, 0.25) is 5.91 Å². The molecule has 3 rings (SSSR count). The van der Waals surface area contributed by atoms with Crippen molar-refractivity contribution in [2.24, 2.45) is 5.92 Å². The molecule has 1 N–H and O–H groups in total. The van der Waals surface area contributed by atoms with Gasteiger partial charge in [-0.3, -0.25) is 4.79 Å². The zero-order valence-electron chi connectivity index (χ0n) is 17.9. The molecule has 0 bridgehead atoms. The van der Waals surface area contributed by atoms with Crippen LogP contribution in [-0.2, 0) is 4.79 Å². The predicted octanol–water partition coefficient (Wildman–Crippen LogP) is 6.31. The lowest BCUT2D eigenvalue weighted by atomic mass is 9.98. The first kappa shape index (κ1) is 20.8. The van der Waals surface area contributed by atoms with Crippen LogP contribution >= 0.6 is 0 Å². The van der Waals surface area contributed by atoms with Crippen LogP contribution in [0, 0.1) is 19.8 Å². The highest BCUT2D eigenvalue weighted by Gasteiger charge is 2.20. The number of amides is 1. The Hall–Kier alpha value is -2.88. The summed E-state index contributed by atoms with van der Waals surface area (Å²) in [4.78, 5) is 13.0. The van der Waals surface area contributed by atoms with E-state index < -0.39 is 0 Å². The molecule has 4 heteroatoms. The first-order valence-corrected chi connectivity index (χ1v) is 10.6. The fraction of sp³-hybridized carbons (Fsp3) is 0.360. The summed E-state index contributed by atoms with van der Waals surface area (Å²) in [6, 6.07) is 18.3. The van der Waals surface area contributed by atoms with Crippen molar-refractivity contribution in [2.75, 3.05) is 5.32 Å². The summed E-state index contributed by atoms with van der Waals surface area (Å²) in [6.07, 6.45) is 3.93. The van der Waals surface area contributed by atoms with E-state index in [0.717, 1.165) is 54.0 Å². The SMILES string of the molecule is CCCC[C@H](CC)C(=O)Nc1cc(-c2ccccc2)nn1-c1ccc(C)cc1C. The zero-order chi connectivity index (χ0) is 20.8. The Bertz CT molecular complexity index is 959. The number of hydrogen-bond acceptors (Lipinski definition) is 2. The Morgan fingerprint density at radius 1 is 1.07 bits per heavy atom. The zero-order valence-corrected chi connectivity index (χ0v) is 17.9. The van der Waals surface area contributed by atoms with E-state index in [1.54, 1.807) is 0 Å². The highest BCUT2D eigenvalue weighted by Crippen LogP contribution is 2.27. The Balaban J connectivity index is 2.00. The molecule has 0 aliphatic heterocycles. The van der Waals surface area contributed by atoms with E-state index >= 15 is 0 Å². The van der Waals surface area contributed by atoms with Gasteiger partial charge in [-0.25, -0.2) is 4.68 Å². The van der Waals surface area contributed by atoms with E-state index in [1.165, 1.54) is 5.56 Å². The van der Waals surface area contributed by atoms with Crippen molar-refractivity contribution in [3.63, 3.8) is 0 Å². The van der Waals surface area contributed by atoms with Crippen LogP contribution in [0.25, 0.3) is 16.9 Å². The van der Waals surface area contributed by atoms with Gasteiger partial charge in [0, 0.05) is 17.5 Å². The molecule has 1 heterocycles. The Morgan fingerprint density at radius 2 is 1.83 bits per heavy atom. The van der Waals surface area contributed by atoms with Gasteiger partial charge in [0.25, 0.3) is 0 Å². The van der Waals surface area contributed by atoms with Gasteiger partial charge in [-0.1, -0.05) is 74.7 Å². The molecule has 152 valence electrons. The molecular weight excluding hydrogens is 358 g/mol. The molecule has 4 nitrogen and oxygen atoms in total. The van der Waals surface area contributed by atoms with E-state index in [-0.39, 0.29) is 11.8 Å². The number of carbonyl (C=O) groups excluding carboxylic acids is 1. The Kier molecular flexibility index (Phi) is 6.86. The molecule has 29 heavy (non-hydrogen) atoms. The van der Waals surface area contributed by atoms with Crippen LogP contribution in [0.1, 0.15) is 50.7 Å². The minimum Gasteiger partial charge on any atom is -0.310 e. The smallest absolute Gasteiger partial charge is 0.228 e. The first-order chi connectivity index (χ1) is 14.0. The van der Waals surface area contributed by atoms with E-state index in [9.17, 15) is 4.79 Å². The number of rotatable bonds is 8. The average Bonchev–Trinajstić information content (AvgIpc) is 3.12. The highest BCUT2D eigenvalue weighted by molar-refractivity contribution is 5.92. The van der Waals surface area contributed by atoms with Gasteiger partial charge in [0.1, 0.15) is 5.82 Å². The van der Waals surface area contributed by atoms with Crippen molar-refractivity contribution < 1.29 is 4.79 Å².